The summed E-state index contributed by atoms with van der Waals surface area (Å²) in [5, 5.41) is 3.15. The number of alkyl halides is 3. The van der Waals surface area contributed by atoms with E-state index in [4.69, 9.17) is 0 Å². The Hall–Kier alpha value is -1.82. The van der Waals surface area contributed by atoms with Gasteiger partial charge in [-0.15, -0.1) is 0 Å². The summed E-state index contributed by atoms with van der Waals surface area (Å²) in [7, 11) is 1.82. The number of imidazole rings is 1. The minimum atomic E-state index is -4.32. The predicted octanol–water partition coefficient (Wildman–Crippen LogP) is 3.35. The minimum absolute atomic E-state index is 0.334. The number of nitrogens with one attached hydrogen (secondary N) is 1. The van der Waals surface area contributed by atoms with Gasteiger partial charge in [0.05, 0.1) is 29.3 Å². The summed E-state index contributed by atoms with van der Waals surface area (Å²) < 4.78 is 39.4. The number of hydrogen-bond donors (Lipinski definition) is 1. The van der Waals surface area contributed by atoms with Gasteiger partial charge in [0.15, 0.2) is 0 Å². The van der Waals surface area contributed by atoms with Crippen molar-refractivity contribution in [2.75, 3.05) is 7.05 Å². The molecule has 0 fully saturated rings. The largest absolute Gasteiger partial charge is 0.416 e. The van der Waals surface area contributed by atoms with Crippen LogP contribution in [-0.2, 0) is 11.7 Å². The topological polar surface area (TPSA) is 29.9 Å². The second-order valence-electron chi connectivity index (χ2n) is 5.07. The number of aromatic nitrogens is 2. The van der Waals surface area contributed by atoms with Crippen LogP contribution in [0, 0.1) is 0 Å². The Bertz CT molecular complexity index is 582. The molecule has 1 N–H and O–H groups in total. The molecular weight excluding hydrogens is 267 g/mol. The maximum absolute atomic E-state index is 12.6. The Morgan fingerprint density at radius 2 is 1.70 bits per heavy atom. The number of halogens is 3. The van der Waals surface area contributed by atoms with Gasteiger partial charge in [-0.05, 0) is 45.2 Å². The van der Waals surface area contributed by atoms with Crippen molar-refractivity contribution in [3.05, 3.63) is 48.0 Å². The van der Waals surface area contributed by atoms with Gasteiger partial charge in [-0.2, -0.15) is 13.2 Å². The molecule has 0 bridgehead atoms. The summed E-state index contributed by atoms with van der Waals surface area (Å²) in [5.41, 5.74) is 0.531. The number of rotatable bonds is 3. The van der Waals surface area contributed by atoms with E-state index in [-0.39, 0.29) is 5.54 Å². The van der Waals surface area contributed by atoms with Crippen molar-refractivity contribution in [3.63, 3.8) is 0 Å². The van der Waals surface area contributed by atoms with E-state index in [0.717, 1.165) is 17.8 Å². The molecule has 0 saturated heterocycles. The van der Waals surface area contributed by atoms with Gasteiger partial charge in [0.2, 0.25) is 0 Å². The van der Waals surface area contributed by atoms with Gasteiger partial charge in [-0.25, -0.2) is 4.98 Å². The van der Waals surface area contributed by atoms with Crippen LogP contribution in [0.5, 0.6) is 0 Å². The second-order valence-corrected chi connectivity index (χ2v) is 5.07. The zero-order valence-electron chi connectivity index (χ0n) is 11.5. The molecule has 0 spiro atoms. The average molecular weight is 283 g/mol. The molecule has 108 valence electrons. The smallest absolute Gasteiger partial charge is 0.310 e. The molecule has 2 aromatic rings. The molecule has 0 aliphatic rings. The van der Waals surface area contributed by atoms with E-state index < -0.39 is 11.7 Å². The van der Waals surface area contributed by atoms with Crippen LogP contribution in [0.1, 0.15) is 25.1 Å². The highest BCUT2D eigenvalue weighted by molar-refractivity contribution is 5.38. The molecule has 0 unspecified atom stereocenters. The lowest BCUT2D eigenvalue weighted by Crippen LogP contribution is -2.35. The quantitative estimate of drug-likeness (QED) is 0.936. The Kier molecular flexibility index (Phi) is 3.60. The fourth-order valence-electron chi connectivity index (χ4n) is 1.90. The normalized spacial score (nSPS) is 12.7. The molecule has 0 atom stereocenters. The van der Waals surface area contributed by atoms with Gasteiger partial charge < -0.3 is 9.88 Å². The fourth-order valence-corrected chi connectivity index (χ4v) is 1.90. The van der Waals surface area contributed by atoms with Gasteiger partial charge in [0.1, 0.15) is 0 Å². The lowest BCUT2D eigenvalue weighted by molar-refractivity contribution is -0.137. The summed E-state index contributed by atoms with van der Waals surface area (Å²) in [6, 6.07) is 5.04. The van der Waals surface area contributed by atoms with Crippen LogP contribution in [0.2, 0.25) is 0 Å². The van der Waals surface area contributed by atoms with Gasteiger partial charge in [-0.3, -0.25) is 0 Å². The molecule has 0 saturated carbocycles. The molecule has 3 nitrogen and oxygen atoms in total. The molecule has 1 heterocycles. The van der Waals surface area contributed by atoms with Crippen molar-refractivity contribution in [3.8, 4) is 5.69 Å². The third-order valence-corrected chi connectivity index (χ3v) is 3.38. The van der Waals surface area contributed by atoms with Crippen molar-refractivity contribution in [2.45, 2.75) is 25.6 Å². The summed E-state index contributed by atoms with van der Waals surface area (Å²) in [4.78, 5) is 4.08. The average Bonchev–Trinajstić information content (AvgIpc) is 2.88. The maximum atomic E-state index is 12.6. The highest BCUT2D eigenvalue weighted by atomic mass is 19.4. The standard InChI is InChI=1S/C14H16F3N3/c1-13(2,18-3)12-8-19-9-20(12)11-6-4-10(5-7-11)14(15,16)17/h4-9,18H,1-3H3. The molecule has 6 heteroatoms. The maximum Gasteiger partial charge on any atom is 0.416 e. The summed E-state index contributed by atoms with van der Waals surface area (Å²) >= 11 is 0. The van der Waals surface area contributed by atoms with Crippen molar-refractivity contribution >= 4 is 0 Å². The van der Waals surface area contributed by atoms with Crippen LogP contribution in [0.3, 0.4) is 0 Å². The number of benzene rings is 1. The van der Waals surface area contributed by atoms with E-state index in [1.54, 1.807) is 17.1 Å². The zero-order valence-corrected chi connectivity index (χ0v) is 11.5. The van der Waals surface area contributed by atoms with Crippen LogP contribution in [0.4, 0.5) is 13.2 Å². The SMILES string of the molecule is CNC(C)(C)c1cncn1-c1ccc(C(F)(F)F)cc1. The molecule has 2 rings (SSSR count). The van der Waals surface area contributed by atoms with E-state index in [2.05, 4.69) is 10.3 Å². The van der Waals surface area contributed by atoms with Crippen molar-refractivity contribution in [1.82, 2.24) is 14.9 Å². The van der Waals surface area contributed by atoms with Crippen LogP contribution in [0.25, 0.3) is 5.69 Å². The van der Waals surface area contributed by atoms with Gasteiger partial charge in [0.25, 0.3) is 0 Å². The molecule has 0 amide bonds. The Morgan fingerprint density at radius 1 is 1.10 bits per heavy atom. The van der Waals surface area contributed by atoms with Crippen molar-refractivity contribution in [1.29, 1.82) is 0 Å². The number of hydrogen-bond acceptors (Lipinski definition) is 2. The fraction of sp³-hybridized carbons (Fsp3) is 0.357. The van der Waals surface area contributed by atoms with E-state index >= 15 is 0 Å². The van der Waals surface area contributed by atoms with E-state index in [1.807, 2.05) is 20.9 Å². The molecule has 20 heavy (non-hydrogen) atoms. The zero-order chi connectivity index (χ0) is 15.0. The first-order chi connectivity index (χ1) is 9.25. The van der Waals surface area contributed by atoms with Crippen LogP contribution in [0.15, 0.2) is 36.8 Å². The number of nitrogens with zero attached hydrogens (tertiary/aromatic N) is 2. The molecule has 0 aliphatic heterocycles. The summed E-state index contributed by atoms with van der Waals surface area (Å²) in [5.74, 6) is 0. The predicted molar refractivity (Wildman–Crippen MR) is 70.7 cm³/mol. The first-order valence-electron chi connectivity index (χ1n) is 6.15. The molecule has 0 radical (unpaired) electrons. The molecule has 1 aromatic carbocycles. The van der Waals surface area contributed by atoms with Crippen molar-refractivity contribution < 1.29 is 13.2 Å². The molecular formula is C14H16F3N3. The van der Waals surface area contributed by atoms with E-state index in [9.17, 15) is 13.2 Å². The lowest BCUT2D eigenvalue weighted by Gasteiger charge is -2.25. The van der Waals surface area contributed by atoms with Gasteiger partial charge in [0, 0.05) is 5.69 Å². The highest BCUT2D eigenvalue weighted by Crippen LogP contribution is 2.30. The Labute approximate surface area is 115 Å². The summed E-state index contributed by atoms with van der Waals surface area (Å²) in [6.45, 7) is 3.95. The second kappa shape index (κ2) is 4.94. The van der Waals surface area contributed by atoms with Crippen LogP contribution < -0.4 is 5.32 Å². The Balaban J connectivity index is 2.41. The van der Waals surface area contributed by atoms with Gasteiger partial charge in [-0.1, -0.05) is 0 Å². The van der Waals surface area contributed by atoms with E-state index in [0.29, 0.717) is 5.69 Å². The third-order valence-electron chi connectivity index (χ3n) is 3.38. The highest BCUT2D eigenvalue weighted by Gasteiger charge is 2.30. The van der Waals surface area contributed by atoms with Crippen LogP contribution >= 0.6 is 0 Å². The minimum Gasteiger partial charge on any atom is -0.310 e. The Morgan fingerprint density at radius 3 is 2.20 bits per heavy atom. The van der Waals surface area contributed by atoms with Gasteiger partial charge >= 0.3 is 6.18 Å². The monoisotopic (exact) mass is 283 g/mol. The lowest BCUT2D eigenvalue weighted by atomic mass is 10.0. The first kappa shape index (κ1) is 14.6. The first-order valence-corrected chi connectivity index (χ1v) is 6.15. The van der Waals surface area contributed by atoms with Crippen molar-refractivity contribution in [2.24, 2.45) is 0 Å². The molecule has 0 aliphatic carbocycles. The third kappa shape index (κ3) is 2.70. The van der Waals surface area contributed by atoms with Crippen LogP contribution in [-0.4, -0.2) is 16.6 Å². The summed E-state index contributed by atoms with van der Waals surface area (Å²) in [6.07, 6.45) is -1.02. The van der Waals surface area contributed by atoms with E-state index in [1.165, 1.54) is 12.1 Å². The molecule has 1 aromatic heterocycles.